The van der Waals surface area contributed by atoms with Gasteiger partial charge in [-0.3, -0.25) is 0 Å². The molecule has 0 aliphatic carbocycles. The van der Waals surface area contributed by atoms with Crippen molar-refractivity contribution in [1.29, 1.82) is 5.26 Å². The van der Waals surface area contributed by atoms with Crippen LogP contribution in [0, 0.1) is 11.5 Å². The SMILES string of the molecule is CC(C)(I)c1nn(C#N)cc1Br. The van der Waals surface area contributed by atoms with Crippen LogP contribution in [0.15, 0.2) is 10.7 Å². The van der Waals surface area contributed by atoms with Gasteiger partial charge in [0.05, 0.1) is 19.8 Å². The molecular formula is C7H7BrIN3. The molecule has 1 aromatic rings. The lowest BCUT2D eigenvalue weighted by Gasteiger charge is -2.12. The fourth-order valence-corrected chi connectivity index (χ4v) is 2.34. The lowest BCUT2D eigenvalue weighted by atomic mass is 10.1. The molecule has 0 saturated carbocycles. The van der Waals surface area contributed by atoms with Gasteiger partial charge in [-0.05, 0) is 29.8 Å². The summed E-state index contributed by atoms with van der Waals surface area (Å²) in [5.41, 5.74) is 0.893. The van der Waals surface area contributed by atoms with Crippen molar-refractivity contribution in [2.24, 2.45) is 0 Å². The van der Waals surface area contributed by atoms with Gasteiger partial charge in [-0.2, -0.15) is 15.0 Å². The van der Waals surface area contributed by atoms with Crippen LogP contribution >= 0.6 is 38.5 Å². The maximum absolute atomic E-state index is 8.57. The Labute approximate surface area is 93.0 Å². The van der Waals surface area contributed by atoms with Crippen molar-refractivity contribution in [1.82, 2.24) is 9.78 Å². The quantitative estimate of drug-likeness (QED) is 0.583. The highest BCUT2D eigenvalue weighted by atomic mass is 127. The van der Waals surface area contributed by atoms with Crippen LogP contribution in [0.25, 0.3) is 0 Å². The smallest absolute Gasteiger partial charge is 0.173 e. The number of aromatic nitrogens is 2. The third-order valence-electron chi connectivity index (χ3n) is 1.34. The molecule has 0 aliphatic heterocycles. The average Bonchev–Trinajstić information content (AvgIpc) is 2.29. The van der Waals surface area contributed by atoms with Gasteiger partial charge < -0.3 is 0 Å². The molecule has 0 saturated heterocycles. The van der Waals surface area contributed by atoms with E-state index < -0.39 is 0 Å². The van der Waals surface area contributed by atoms with E-state index in [1.54, 1.807) is 6.20 Å². The van der Waals surface area contributed by atoms with Crippen LogP contribution < -0.4 is 0 Å². The second-order valence-electron chi connectivity index (χ2n) is 2.84. The van der Waals surface area contributed by atoms with E-state index in [0.29, 0.717) is 0 Å². The zero-order valence-corrected chi connectivity index (χ0v) is 10.4. The van der Waals surface area contributed by atoms with E-state index in [1.807, 2.05) is 20.0 Å². The first-order chi connectivity index (χ1) is 5.45. The topological polar surface area (TPSA) is 41.6 Å². The highest BCUT2D eigenvalue weighted by molar-refractivity contribution is 14.1. The number of nitriles is 1. The summed E-state index contributed by atoms with van der Waals surface area (Å²) in [6.07, 6.45) is 3.59. The molecule has 0 amide bonds. The fourth-order valence-electron chi connectivity index (χ4n) is 0.807. The first-order valence-corrected chi connectivity index (χ1v) is 5.17. The van der Waals surface area contributed by atoms with Crippen molar-refractivity contribution in [3.05, 3.63) is 16.4 Å². The summed E-state index contributed by atoms with van der Waals surface area (Å²) in [7, 11) is 0. The summed E-state index contributed by atoms with van der Waals surface area (Å²) in [5, 5.41) is 12.7. The zero-order valence-electron chi connectivity index (χ0n) is 6.67. The van der Waals surface area contributed by atoms with Gasteiger partial charge in [0.2, 0.25) is 6.19 Å². The highest BCUT2D eigenvalue weighted by Gasteiger charge is 2.22. The Morgan fingerprint density at radius 3 is 2.58 bits per heavy atom. The number of hydrogen-bond donors (Lipinski definition) is 0. The van der Waals surface area contributed by atoms with Crippen molar-refractivity contribution in [3.8, 4) is 6.19 Å². The Hall–Kier alpha value is -0.0900. The molecule has 0 bridgehead atoms. The van der Waals surface area contributed by atoms with Gasteiger partial charge in [-0.15, -0.1) is 0 Å². The largest absolute Gasteiger partial charge is 0.206 e. The Morgan fingerprint density at radius 1 is 1.75 bits per heavy atom. The molecule has 1 heterocycles. The number of halogens is 2. The van der Waals surface area contributed by atoms with Crippen LogP contribution in [0.3, 0.4) is 0 Å². The Kier molecular flexibility index (Phi) is 2.78. The highest BCUT2D eigenvalue weighted by Crippen LogP contribution is 2.34. The summed E-state index contributed by atoms with van der Waals surface area (Å²) in [6.45, 7) is 4.09. The van der Waals surface area contributed by atoms with E-state index >= 15 is 0 Å². The van der Waals surface area contributed by atoms with Gasteiger partial charge in [0.1, 0.15) is 0 Å². The van der Waals surface area contributed by atoms with E-state index in [1.165, 1.54) is 4.68 Å². The molecule has 3 nitrogen and oxygen atoms in total. The van der Waals surface area contributed by atoms with Crippen molar-refractivity contribution in [2.75, 3.05) is 0 Å². The Balaban J connectivity index is 3.19. The minimum absolute atomic E-state index is 0.0569. The molecule has 1 aromatic heterocycles. The van der Waals surface area contributed by atoms with E-state index in [9.17, 15) is 0 Å². The summed E-state index contributed by atoms with van der Waals surface area (Å²) >= 11 is 5.64. The van der Waals surface area contributed by atoms with Crippen LogP contribution in [0.1, 0.15) is 19.5 Å². The number of rotatable bonds is 1. The summed E-state index contributed by atoms with van der Waals surface area (Å²) in [5.74, 6) is 0. The van der Waals surface area contributed by atoms with Gasteiger partial charge in [0, 0.05) is 0 Å². The van der Waals surface area contributed by atoms with Crippen molar-refractivity contribution in [3.63, 3.8) is 0 Å². The minimum atomic E-state index is -0.0569. The van der Waals surface area contributed by atoms with Crippen LogP contribution in [-0.2, 0) is 3.42 Å². The van der Waals surface area contributed by atoms with Gasteiger partial charge in [0.25, 0.3) is 0 Å². The predicted octanol–water partition coefficient (Wildman–Crippen LogP) is 2.64. The Bertz CT molecular complexity index is 331. The standard InChI is InChI=1S/C7H7BrIN3/c1-7(2,9)6-5(8)3-12(4-10)11-6/h3H,1-2H3. The monoisotopic (exact) mass is 339 g/mol. The maximum Gasteiger partial charge on any atom is 0.206 e. The Morgan fingerprint density at radius 2 is 2.33 bits per heavy atom. The first kappa shape index (κ1) is 9.99. The molecule has 0 fully saturated rings. The van der Waals surface area contributed by atoms with Crippen molar-refractivity contribution >= 4 is 38.5 Å². The second kappa shape index (κ2) is 3.34. The van der Waals surface area contributed by atoms with Crippen LogP contribution in [0.4, 0.5) is 0 Å². The molecule has 0 aliphatic rings. The van der Waals surface area contributed by atoms with Gasteiger partial charge in [-0.1, -0.05) is 22.6 Å². The predicted molar refractivity (Wildman–Crippen MR) is 58.0 cm³/mol. The third-order valence-corrected chi connectivity index (χ3v) is 2.43. The molecule has 0 unspecified atom stereocenters. The second-order valence-corrected chi connectivity index (χ2v) is 6.39. The molecule has 0 spiro atoms. The van der Waals surface area contributed by atoms with Gasteiger partial charge in [-0.25, -0.2) is 0 Å². The fraction of sp³-hybridized carbons (Fsp3) is 0.429. The van der Waals surface area contributed by atoms with Crippen LogP contribution in [0.5, 0.6) is 0 Å². The van der Waals surface area contributed by atoms with E-state index in [-0.39, 0.29) is 3.42 Å². The zero-order chi connectivity index (χ0) is 9.35. The molecule has 1 rings (SSSR count). The van der Waals surface area contributed by atoms with E-state index in [0.717, 1.165) is 10.2 Å². The number of hydrogen-bond acceptors (Lipinski definition) is 2. The third kappa shape index (κ3) is 1.98. The first-order valence-electron chi connectivity index (χ1n) is 3.30. The lowest BCUT2D eigenvalue weighted by molar-refractivity contribution is 0.747. The van der Waals surface area contributed by atoms with Crippen molar-refractivity contribution < 1.29 is 0 Å². The molecule has 64 valence electrons. The summed E-state index contributed by atoms with van der Waals surface area (Å²) in [4.78, 5) is 0. The average molecular weight is 340 g/mol. The molecule has 0 radical (unpaired) electrons. The van der Waals surface area contributed by atoms with E-state index in [4.69, 9.17) is 5.26 Å². The molecule has 0 aromatic carbocycles. The van der Waals surface area contributed by atoms with Crippen LogP contribution in [-0.4, -0.2) is 9.78 Å². The lowest BCUT2D eigenvalue weighted by Crippen LogP contribution is -2.08. The van der Waals surface area contributed by atoms with Gasteiger partial charge >= 0.3 is 0 Å². The molecule has 12 heavy (non-hydrogen) atoms. The molecule has 0 atom stereocenters. The van der Waals surface area contributed by atoms with Crippen LogP contribution in [0.2, 0.25) is 0 Å². The molecular weight excluding hydrogens is 333 g/mol. The summed E-state index contributed by atoms with van der Waals surface area (Å²) < 4.78 is 2.07. The molecule has 5 heteroatoms. The van der Waals surface area contributed by atoms with E-state index in [2.05, 4.69) is 43.6 Å². The van der Waals surface area contributed by atoms with Gasteiger partial charge in [0.15, 0.2) is 0 Å². The maximum atomic E-state index is 8.57. The molecule has 0 N–H and O–H groups in total. The van der Waals surface area contributed by atoms with Crippen molar-refractivity contribution in [2.45, 2.75) is 17.3 Å². The number of alkyl halides is 1. The normalized spacial score (nSPS) is 11.2. The minimum Gasteiger partial charge on any atom is -0.173 e. The number of nitrogens with zero attached hydrogens (tertiary/aromatic N) is 3. The summed E-state index contributed by atoms with van der Waals surface area (Å²) in [6, 6.07) is 0.